The van der Waals surface area contributed by atoms with E-state index in [1.54, 1.807) is 25.1 Å². The highest BCUT2D eigenvalue weighted by Crippen LogP contribution is 2.39. The molecule has 0 bridgehead atoms. The van der Waals surface area contributed by atoms with Crippen molar-refractivity contribution in [3.8, 4) is 11.5 Å². The quantitative estimate of drug-likeness (QED) is 0.366. The van der Waals surface area contributed by atoms with Gasteiger partial charge >= 0.3 is 0 Å². The zero-order valence-corrected chi connectivity index (χ0v) is 18.4. The minimum Gasteiger partial charge on any atom is -0.457 e. The number of fused-ring (bicyclic) bond motifs is 3. The van der Waals surface area contributed by atoms with Crippen LogP contribution >= 0.6 is 0 Å². The van der Waals surface area contributed by atoms with Crippen LogP contribution in [0.4, 0.5) is 15.8 Å². The molecule has 0 saturated carbocycles. The number of rotatable bonds is 6. The van der Waals surface area contributed by atoms with Gasteiger partial charge in [0.05, 0.1) is 40.7 Å². The number of halogens is 1. The molecule has 1 aliphatic heterocycles. The van der Waals surface area contributed by atoms with E-state index in [0.29, 0.717) is 28.2 Å². The van der Waals surface area contributed by atoms with E-state index in [1.807, 2.05) is 18.2 Å². The first kappa shape index (κ1) is 21.6. The summed E-state index contributed by atoms with van der Waals surface area (Å²) in [4.78, 5) is 33.2. The molecule has 0 saturated heterocycles. The summed E-state index contributed by atoms with van der Waals surface area (Å²) >= 11 is 0. The van der Waals surface area contributed by atoms with Crippen molar-refractivity contribution in [2.45, 2.75) is 12.5 Å². The molecule has 3 N–H and O–H groups in total. The summed E-state index contributed by atoms with van der Waals surface area (Å²) in [6, 6.07) is 13.1. The van der Waals surface area contributed by atoms with Crippen LogP contribution in [0.15, 0.2) is 60.9 Å². The third-order valence-electron chi connectivity index (χ3n) is 5.69. The van der Waals surface area contributed by atoms with Crippen LogP contribution in [0.25, 0.3) is 11.0 Å². The van der Waals surface area contributed by atoms with Crippen molar-refractivity contribution in [1.29, 1.82) is 0 Å². The molecule has 0 aliphatic carbocycles. The molecule has 1 atom stereocenters. The normalized spacial score (nSPS) is 17.1. The van der Waals surface area contributed by atoms with Gasteiger partial charge in [0.15, 0.2) is 5.78 Å². The first-order valence-electron chi connectivity index (χ1n) is 10.6. The number of ketones is 1. The highest BCUT2D eigenvalue weighted by atomic mass is 19.1. The number of nitrogens with one attached hydrogen (secondary N) is 3. The number of methoxy groups -OCH3 is 1. The average Bonchev–Trinajstić information content (AvgIpc) is 3.25. The lowest BCUT2D eigenvalue weighted by atomic mass is 9.96. The second-order valence-electron chi connectivity index (χ2n) is 8.20. The summed E-state index contributed by atoms with van der Waals surface area (Å²) in [6.07, 6.45) is 2.98. The Hall–Kier alpha value is -4.24. The number of H-pyrrole nitrogens is 1. The number of pyridine rings is 1. The van der Waals surface area contributed by atoms with Crippen molar-refractivity contribution in [2.75, 3.05) is 24.4 Å². The molecular formula is C25H21FN4O4. The molecule has 4 aromatic rings. The Morgan fingerprint density at radius 1 is 1.12 bits per heavy atom. The smallest absolute Gasteiger partial charge is 0.252 e. The van der Waals surface area contributed by atoms with Crippen LogP contribution in [0, 0.1) is 5.82 Å². The topological polar surface area (TPSA) is 105 Å². The molecule has 8 nitrogen and oxygen atoms in total. The summed E-state index contributed by atoms with van der Waals surface area (Å²) in [6.45, 7) is 1.80. The van der Waals surface area contributed by atoms with Gasteiger partial charge in [0.1, 0.15) is 28.5 Å². The number of amides is 1. The molecule has 0 fully saturated rings. The van der Waals surface area contributed by atoms with Gasteiger partial charge in [0, 0.05) is 19.4 Å². The molecular weight excluding hydrogens is 439 g/mol. The van der Waals surface area contributed by atoms with Gasteiger partial charge < -0.3 is 25.1 Å². The fourth-order valence-electron chi connectivity index (χ4n) is 4.00. The van der Waals surface area contributed by atoms with Crippen LogP contribution in [0.1, 0.15) is 22.8 Å². The van der Waals surface area contributed by atoms with Gasteiger partial charge in [0.2, 0.25) is 0 Å². The number of para-hydroxylation sites is 1. The third kappa shape index (κ3) is 3.65. The summed E-state index contributed by atoms with van der Waals surface area (Å²) in [5.74, 6) is -0.694. The van der Waals surface area contributed by atoms with Crippen molar-refractivity contribution in [1.82, 2.24) is 9.97 Å². The largest absolute Gasteiger partial charge is 0.457 e. The van der Waals surface area contributed by atoms with Crippen LogP contribution in [-0.2, 0) is 9.53 Å². The predicted molar refractivity (Wildman–Crippen MR) is 125 cm³/mol. The minimum atomic E-state index is -1.06. The Balaban J connectivity index is 1.52. The third-order valence-corrected chi connectivity index (χ3v) is 5.69. The van der Waals surface area contributed by atoms with Crippen LogP contribution in [-0.4, -0.2) is 40.9 Å². The van der Waals surface area contributed by atoms with Crippen LogP contribution in [0.2, 0.25) is 0 Å². The fraction of sp³-hybridized carbons (Fsp3) is 0.160. The van der Waals surface area contributed by atoms with Crippen molar-refractivity contribution in [3.63, 3.8) is 0 Å². The Morgan fingerprint density at radius 3 is 2.65 bits per heavy atom. The number of nitrogens with zero attached hydrogens (tertiary/aromatic N) is 1. The van der Waals surface area contributed by atoms with E-state index in [9.17, 15) is 14.0 Å². The molecule has 9 heteroatoms. The molecule has 0 radical (unpaired) electrons. The van der Waals surface area contributed by atoms with Crippen molar-refractivity contribution in [3.05, 3.63) is 77.9 Å². The maximum atomic E-state index is 15.0. The molecule has 1 amide bonds. The zero-order chi connectivity index (χ0) is 23.9. The molecule has 2 aromatic heterocycles. The maximum absolute atomic E-state index is 15.0. The molecule has 0 spiro atoms. The number of hydrogen-bond acceptors (Lipinski definition) is 6. The van der Waals surface area contributed by atoms with Crippen molar-refractivity contribution < 1.29 is 23.5 Å². The van der Waals surface area contributed by atoms with Gasteiger partial charge in [-0.15, -0.1) is 0 Å². The highest BCUT2D eigenvalue weighted by Gasteiger charge is 2.39. The van der Waals surface area contributed by atoms with E-state index < -0.39 is 17.1 Å². The van der Waals surface area contributed by atoms with Gasteiger partial charge in [-0.2, -0.15) is 0 Å². The van der Waals surface area contributed by atoms with Gasteiger partial charge in [-0.05, 0) is 31.2 Å². The van der Waals surface area contributed by atoms with Gasteiger partial charge in [-0.1, -0.05) is 18.2 Å². The number of anilines is 2. The molecule has 0 unspecified atom stereocenters. The van der Waals surface area contributed by atoms with E-state index in [1.165, 1.54) is 31.6 Å². The second-order valence-corrected chi connectivity index (χ2v) is 8.20. The van der Waals surface area contributed by atoms with Gasteiger partial charge in [-0.25, -0.2) is 9.37 Å². The Labute approximate surface area is 194 Å². The standard InChI is InChI=1S/C25H21FN4O4/c1-25(13-33-2)24(32)29-19-12-28-23-20(21(19)30-25)17(11-27-23)22(31)16-9-8-15(10-18(16)26)34-14-6-4-3-5-7-14/h3-12,30H,13H2,1-2H3,(H,27,28)(H,29,32)/t25-/m0/s1. The van der Waals surface area contributed by atoms with E-state index in [4.69, 9.17) is 9.47 Å². The number of carbonyl (C=O) groups excluding carboxylic acids is 2. The minimum absolute atomic E-state index is 0.104. The number of hydrogen-bond donors (Lipinski definition) is 3. The number of ether oxygens (including phenoxy) is 2. The van der Waals surface area contributed by atoms with Crippen LogP contribution in [0.5, 0.6) is 11.5 Å². The fourth-order valence-corrected chi connectivity index (χ4v) is 4.00. The zero-order valence-electron chi connectivity index (χ0n) is 18.4. The van der Waals surface area contributed by atoms with E-state index in [2.05, 4.69) is 20.6 Å². The number of carbonyl (C=O) groups is 2. The average molecular weight is 460 g/mol. The Kier molecular flexibility index (Phi) is 5.25. The lowest BCUT2D eigenvalue weighted by Crippen LogP contribution is -2.53. The molecule has 3 heterocycles. The first-order chi connectivity index (χ1) is 16.4. The van der Waals surface area contributed by atoms with Gasteiger partial charge in [-0.3, -0.25) is 9.59 Å². The van der Waals surface area contributed by atoms with E-state index in [0.717, 1.165) is 0 Å². The second kappa shape index (κ2) is 8.27. The Bertz CT molecular complexity index is 1420. The van der Waals surface area contributed by atoms with Crippen molar-refractivity contribution >= 4 is 34.1 Å². The Morgan fingerprint density at radius 2 is 1.91 bits per heavy atom. The van der Waals surface area contributed by atoms with E-state index >= 15 is 0 Å². The first-order valence-corrected chi connectivity index (χ1v) is 10.6. The number of aromatic amines is 1. The number of benzene rings is 2. The predicted octanol–water partition coefficient (Wildman–Crippen LogP) is 4.49. The van der Waals surface area contributed by atoms with Gasteiger partial charge in [0.25, 0.3) is 5.91 Å². The SMILES string of the molecule is COC[C@]1(C)Nc2c(cnc3[nH]cc(C(=O)c4ccc(Oc5ccccc5)cc4F)c23)NC1=O. The van der Waals surface area contributed by atoms with Crippen LogP contribution < -0.4 is 15.4 Å². The lowest BCUT2D eigenvalue weighted by molar-refractivity contribution is -0.121. The summed E-state index contributed by atoms with van der Waals surface area (Å²) in [5, 5.41) is 6.45. The summed E-state index contributed by atoms with van der Waals surface area (Å²) in [7, 11) is 1.50. The molecule has 172 valence electrons. The molecule has 2 aromatic carbocycles. The maximum Gasteiger partial charge on any atom is 0.252 e. The van der Waals surface area contributed by atoms with Crippen molar-refractivity contribution in [2.24, 2.45) is 0 Å². The van der Waals surface area contributed by atoms with Crippen LogP contribution in [0.3, 0.4) is 0 Å². The summed E-state index contributed by atoms with van der Waals surface area (Å²) in [5.41, 5.74) is 0.409. The molecule has 1 aliphatic rings. The monoisotopic (exact) mass is 460 g/mol. The van der Waals surface area contributed by atoms with E-state index in [-0.39, 0.29) is 29.4 Å². The summed E-state index contributed by atoms with van der Waals surface area (Å²) < 4.78 is 25.9. The lowest BCUT2D eigenvalue weighted by Gasteiger charge is -2.35. The number of aromatic nitrogens is 2. The molecule has 34 heavy (non-hydrogen) atoms. The highest BCUT2D eigenvalue weighted by molar-refractivity contribution is 6.21. The molecule has 5 rings (SSSR count).